The van der Waals surface area contributed by atoms with Gasteiger partial charge in [0.05, 0.1) is 13.9 Å². The highest BCUT2D eigenvalue weighted by atomic mass is 79.9. The number of carbonyl (C=O) groups excluding carboxylic acids is 1. The van der Waals surface area contributed by atoms with Gasteiger partial charge in [0.25, 0.3) is 5.69 Å². The van der Waals surface area contributed by atoms with E-state index in [9.17, 15) is 19.3 Å². The number of anilines is 1. The van der Waals surface area contributed by atoms with E-state index in [1.54, 1.807) is 0 Å². The lowest BCUT2D eigenvalue weighted by Crippen LogP contribution is -2.02. The van der Waals surface area contributed by atoms with Crippen LogP contribution in [0.4, 0.5) is 15.8 Å². The van der Waals surface area contributed by atoms with Crippen molar-refractivity contribution in [3.8, 4) is 0 Å². The van der Waals surface area contributed by atoms with E-state index >= 15 is 0 Å². The molecule has 0 fully saturated rings. The average molecular weight is 342 g/mol. The molecular formula is C7H3Br2FN2O3. The fourth-order valence-corrected chi connectivity index (χ4v) is 2.14. The van der Waals surface area contributed by atoms with Gasteiger partial charge in [-0.2, -0.15) is 0 Å². The lowest BCUT2D eigenvalue weighted by Gasteiger charge is -2.06. The SMILES string of the molecule is O=CNc1c([N+](=O)[O-])cc(Br)c(F)c1Br. The summed E-state index contributed by atoms with van der Waals surface area (Å²) in [6.07, 6.45) is 0.237. The van der Waals surface area contributed by atoms with E-state index < -0.39 is 16.4 Å². The molecule has 1 aromatic rings. The minimum absolute atomic E-state index is 0.0578. The molecule has 1 amide bonds. The van der Waals surface area contributed by atoms with Crippen LogP contribution in [0.15, 0.2) is 15.0 Å². The summed E-state index contributed by atoms with van der Waals surface area (Å²) in [5.41, 5.74) is -0.613. The smallest absolute Gasteiger partial charge is 0.295 e. The number of rotatable bonds is 3. The van der Waals surface area contributed by atoms with Gasteiger partial charge >= 0.3 is 0 Å². The van der Waals surface area contributed by atoms with E-state index in [1.165, 1.54) is 0 Å². The number of nitrogens with one attached hydrogen (secondary N) is 1. The maximum atomic E-state index is 13.3. The van der Waals surface area contributed by atoms with Gasteiger partial charge in [-0.15, -0.1) is 0 Å². The van der Waals surface area contributed by atoms with Gasteiger partial charge in [0.15, 0.2) is 5.82 Å². The van der Waals surface area contributed by atoms with Crippen molar-refractivity contribution in [2.45, 2.75) is 0 Å². The first-order valence-corrected chi connectivity index (χ1v) is 5.09. The van der Waals surface area contributed by atoms with Crippen molar-refractivity contribution >= 4 is 49.6 Å². The second kappa shape index (κ2) is 4.67. The Labute approximate surface area is 100 Å². The lowest BCUT2D eigenvalue weighted by molar-refractivity contribution is -0.384. The van der Waals surface area contributed by atoms with Gasteiger partial charge in [-0.1, -0.05) is 0 Å². The summed E-state index contributed by atoms with van der Waals surface area (Å²) >= 11 is 5.65. The molecule has 1 rings (SSSR count). The summed E-state index contributed by atoms with van der Waals surface area (Å²) in [6.45, 7) is 0. The Balaban J connectivity index is 3.49. The molecule has 0 aliphatic rings. The van der Waals surface area contributed by atoms with Gasteiger partial charge < -0.3 is 5.32 Å². The van der Waals surface area contributed by atoms with E-state index in [4.69, 9.17) is 0 Å². The number of nitrogens with zero attached hydrogens (tertiary/aromatic N) is 1. The molecular weight excluding hydrogens is 339 g/mol. The molecule has 0 saturated heterocycles. The topological polar surface area (TPSA) is 72.2 Å². The fourth-order valence-electron chi connectivity index (χ4n) is 0.923. The van der Waals surface area contributed by atoms with Gasteiger partial charge in [0.2, 0.25) is 6.41 Å². The first kappa shape index (κ1) is 12.1. The highest BCUT2D eigenvalue weighted by Crippen LogP contribution is 2.38. The molecule has 1 N–H and O–H groups in total. The molecule has 0 atom stereocenters. The summed E-state index contributed by atoms with van der Waals surface area (Å²) in [5.74, 6) is -0.718. The molecule has 0 unspecified atom stereocenters. The summed E-state index contributed by atoms with van der Waals surface area (Å²) in [5, 5.41) is 12.7. The molecule has 5 nitrogen and oxygen atoms in total. The predicted molar refractivity (Wildman–Crippen MR) is 58.1 cm³/mol. The Morgan fingerprint density at radius 2 is 2.13 bits per heavy atom. The van der Waals surface area contributed by atoms with Crippen LogP contribution in [0.25, 0.3) is 0 Å². The van der Waals surface area contributed by atoms with Crippen LogP contribution in [-0.2, 0) is 4.79 Å². The maximum Gasteiger partial charge on any atom is 0.295 e. The van der Waals surface area contributed by atoms with Gasteiger partial charge in [-0.3, -0.25) is 14.9 Å². The molecule has 0 bridgehead atoms. The number of nitro groups is 1. The number of nitro benzene ring substituents is 1. The van der Waals surface area contributed by atoms with Crippen molar-refractivity contribution in [3.05, 3.63) is 30.9 Å². The van der Waals surface area contributed by atoms with Crippen LogP contribution >= 0.6 is 31.9 Å². The third-order valence-corrected chi connectivity index (χ3v) is 2.86. The summed E-state index contributed by atoms with van der Waals surface area (Å²) < 4.78 is 13.1. The number of amides is 1. The molecule has 15 heavy (non-hydrogen) atoms. The third kappa shape index (κ3) is 2.32. The molecule has 1 aromatic carbocycles. The van der Waals surface area contributed by atoms with E-state index in [0.29, 0.717) is 0 Å². The first-order valence-electron chi connectivity index (χ1n) is 3.51. The second-order valence-electron chi connectivity index (χ2n) is 2.40. The summed E-state index contributed by atoms with van der Waals surface area (Å²) in [7, 11) is 0. The Morgan fingerprint density at radius 1 is 1.53 bits per heavy atom. The van der Waals surface area contributed by atoms with Crippen LogP contribution in [0, 0.1) is 15.9 Å². The van der Waals surface area contributed by atoms with Crippen LogP contribution in [0.1, 0.15) is 0 Å². The summed E-state index contributed by atoms with van der Waals surface area (Å²) in [6, 6.07) is 0.978. The normalized spacial score (nSPS) is 9.80. The number of hydrogen-bond acceptors (Lipinski definition) is 3. The zero-order valence-electron chi connectivity index (χ0n) is 6.96. The number of benzene rings is 1. The zero-order chi connectivity index (χ0) is 11.6. The number of hydrogen-bond donors (Lipinski definition) is 1. The van der Waals surface area contributed by atoms with Crippen LogP contribution < -0.4 is 5.32 Å². The van der Waals surface area contributed by atoms with Crippen molar-refractivity contribution in [2.24, 2.45) is 0 Å². The Kier molecular flexibility index (Phi) is 3.75. The Morgan fingerprint density at radius 3 is 2.60 bits per heavy atom. The predicted octanol–water partition coefficient (Wildman–Crippen LogP) is 2.83. The minimum atomic E-state index is -0.721. The third-order valence-electron chi connectivity index (χ3n) is 1.54. The Hall–Kier alpha value is -1.02. The standard InChI is InChI=1S/C7H3Br2FN2O3/c8-3-1-4(12(14)15)7(11-2-13)5(9)6(3)10/h1-2H,(H,11,13). The number of carbonyl (C=O) groups is 1. The van der Waals surface area contributed by atoms with Crippen LogP contribution in [0.2, 0.25) is 0 Å². The monoisotopic (exact) mass is 340 g/mol. The van der Waals surface area contributed by atoms with Gasteiger partial charge in [-0.05, 0) is 31.9 Å². The molecule has 0 aliphatic heterocycles. The zero-order valence-corrected chi connectivity index (χ0v) is 10.1. The van der Waals surface area contributed by atoms with Crippen LogP contribution in [0.5, 0.6) is 0 Å². The first-order chi connectivity index (χ1) is 6.99. The van der Waals surface area contributed by atoms with E-state index in [2.05, 4.69) is 37.2 Å². The molecule has 8 heteroatoms. The molecule has 0 spiro atoms. The van der Waals surface area contributed by atoms with Crippen molar-refractivity contribution in [1.82, 2.24) is 0 Å². The Bertz CT molecular complexity index is 439. The van der Waals surface area contributed by atoms with E-state index in [1.807, 2.05) is 0 Å². The van der Waals surface area contributed by atoms with Crippen molar-refractivity contribution < 1.29 is 14.1 Å². The van der Waals surface area contributed by atoms with Crippen LogP contribution in [-0.4, -0.2) is 11.3 Å². The van der Waals surface area contributed by atoms with Crippen LogP contribution in [0.3, 0.4) is 0 Å². The molecule has 0 aliphatic carbocycles. The van der Waals surface area contributed by atoms with Gasteiger partial charge in [-0.25, -0.2) is 4.39 Å². The van der Waals surface area contributed by atoms with E-state index in [-0.39, 0.29) is 21.0 Å². The largest absolute Gasteiger partial charge is 0.322 e. The number of halogens is 3. The van der Waals surface area contributed by atoms with Gasteiger partial charge in [0, 0.05) is 6.07 Å². The highest BCUT2D eigenvalue weighted by molar-refractivity contribution is 9.11. The summed E-state index contributed by atoms with van der Waals surface area (Å²) in [4.78, 5) is 20.1. The van der Waals surface area contributed by atoms with Gasteiger partial charge in [0.1, 0.15) is 5.69 Å². The molecule has 0 saturated carbocycles. The minimum Gasteiger partial charge on any atom is -0.322 e. The highest BCUT2D eigenvalue weighted by Gasteiger charge is 2.22. The lowest BCUT2D eigenvalue weighted by atomic mass is 10.2. The average Bonchev–Trinajstić information content (AvgIpc) is 2.18. The van der Waals surface area contributed by atoms with Crippen molar-refractivity contribution in [3.63, 3.8) is 0 Å². The second-order valence-corrected chi connectivity index (χ2v) is 4.05. The molecule has 80 valence electrons. The van der Waals surface area contributed by atoms with Crippen molar-refractivity contribution in [1.29, 1.82) is 0 Å². The van der Waals surface area contributed by atoms with Crippen molar-refractivity contribution in [2.75, 3.05) is 5.32 Å². The quantitative estimate of drug-likeness (QED) is 0.397. The molecule has 0 radical (unpaired) electrons. The maximum absolute atomic E-state index is 13.3. The molecule has 0 heterocycles. The molecule has 0 aromatic heterocycles. The fraction of sp³-hybridized carbons (Fsp3) is 0. The van der Waals surface area contributed by atoms with E-state index in [0.717, 1.165) is 6.07 Å².